The van der Waals surface area contributed by atoms with Gasteiger partial charge in [-0.1, -0.05) is 48.5 Å². The highest BCUT2D eigenvalue weighted by Crippen LogP contribution is 2.27. The molecule has 1 aliphatic rings. The van der Waals surface area contributed by atoms with Crippen molar-refractivity contribution in [1.82, 2.24) is 5.32 Å². The van der Waals surface area contributed by atoms with Crippen molar-refractivity contribution >= 4 is 17.5 Å². The van der Waals surface area contributed by atoms with Gasteiger partial charge in [-0.05, 0) is 43.4 Å². The number of unbranched alkanes of at least 4 members (excludes halogenated alkanes) is 1. The number of carbonyl (C=O) groups excluding carboxylic acids is 2. The number of carbonyl (C=O) groups is 2. The van der Waals surface area contributed by atoms with Crippen LogP contribution in [0.3, 0.4) is 0 Å². The topological polar surface area (TPSA) is 49.4 Å². The Balaban J connectivity index is 1.43. The average Bonchev–Trinajstić information content (AvgIpc) is 3.04. The maximum Gasteiger partial charge on any atom is 0.227 e. The number of nitrogens with zero attached hydrogens (tertiary/aromatic N) is 1. The van der Waals surface area contributed by atoms with Crippen LogP contribution in [0.1, 0.15) is 30.4 Å². The van der Waals surface area contributed by atoms with Crippen LogP contribution in [-0.2, 0) is 16.0 Å². The molecule has 0 bridgehead atoms. The second kappa shape index (κ2) is 8.65. The predicted molar refractivity (Wildman–Crippen MR) is 104 cm³/mol. The molecule has 0 radical (unpaired) electrons. The van der Waals surface area contributed by atoms with Crippen LogP contribution in [0.15, 0.2) is 54.6 Å². The smallest absolute Gasteiger partial charge is 0.227 e. The molecule has 1 aliphatic heterocycles. The summed E-state index contributed by atoms with van der Waals surface area (Å²) < 4.78 is 0. The van der Waals surface area contributed by atoms with Crippen LogP contribution in [-0.4, -0.2) is 24.9 Å². The van der Waals surface area contributed by atoms with Crippen LogP contribution in [0.25, 0.3) is 0 Å². The van der Waals surface area contributed by atoms with E-state index < -0.39 is 0 Å². The largest absolute Gasteiger partial charge is 0.356 e. The van der Waals surface area contributed by atoms with Gasteiger partial charge in [0, 0.05) is 25.2 Å². The number of benzene rings is 2. The molecule has 1 atom stereocenters. The first kappa shape index (κ1) is 18.2. The molecular weight excluding hydrogens is 324 g/mol. The van der Waals surface area contributed by atoms with Crippen molar-refractivity contribution in [3.05, 3.63) is 65.7 Å². The molecule has 0 saturated carbocycles. The molecule has 3 rings (SSSR count). The third kappa shape index (κ3) is 4.51. The molecule has 1 N–H and O–H groups in total. The van der Waals surface area contributed by atoms with Gasteiger partial charge in [-0.25, -0.2) is 0 Å². The Bertz CT molecular complexity index is 758. The summed E-state index contributed by atoms with van der Waals surface area (Å²) in [7, 11) is 0. The Hall–Kier alpha value is -2.62. The third-order valence-electron chi connectivity index (χ3n) is 4.94. The summed E-state index contributed by atoms with van der Waals surface area (Å²) in [6.45, 7) is 3.13. The first-order valence-electron chi connectivity index (χ1n) is 9.33. The summed E-state index contributed by atoms with van der Waals surface area (Å²) in [4.78, 5) is 26.5. The summed E-state index contributed by atoms with van der Waals surface area (Å²) in [6, 6.07) is 18.2. The van der Waals surface area contributed by atoms with Crippen LogP contribution < -0.4 is 10.2 Å². The van der Waals surface area contributed by atoms with E-state index in [4.69, 9.17) is 0 Å². The van der Waals surface area contributed by atoms with Gasteiger partial charge in [0.05, 0.1) is 5.92 Å². The van der Waals surface area contributed by atoms with E-state index in [-0.39, 0.29) is 17.7 Å². The van der Waals surface area contributed by atoms with Crippen molar-refractivity contribution in [3.63, 3.8) is 0 Å². The summed E-state index contributed by atoms with van der Waals surface area (Å²) in [5, 5.41) is 3.00. The zero-order valence-electron chi connectivity index (χ0n) is 15.3. The second-order valence-corrected chi connectivity index (χ2v) is 6.93. The first-order chi connectivity index (χ1) is 12.6. The fraction of sp³-hybridized carbons (Fsp3) is 0.364. The molecular formula is C22H26N2O2. The number of hydrogen-bond donors (Lipinski definition) is 1. The lowest BCUT2D eigenvalue weighted by Gasteiger charge is -2.19. The van der Waals surface area contributed by atoms with E-state index in [1.165, 1.54) is 5.56 Å². The third-order valence-corrected chi connectivity index (χ3v) is 4.94. The number of nitrogens with one attached hydrogen (secondary N) is 1. The fourth-order valence-corrected chi connectivity index (χ4v) is 3.44. The Morgan fingerprint density at radius 3 is 2.58 bits per heavy atom. The Kier molecular flexibility index (Phi) is 6.05. The predicted octanol–water partition coefficient (Wildman–Crippen LogP) is 3.49. The zero-order chi connectivity index (χ0) is 18.4. The van der Waals surface area contributed by atoms with E-state index in [2.05, 4.69) is 29.6 Å². The quantitative estimate of drug-likeness (QED) is 0.777. The molecule has 1 fully saturated rings. The molecule has 2 amide bonds. The normalized spacial score (nSPS) is 16.7. The van der Waals surface area contributed by atoms with Crippen molar-refractivity contribution in [2.45, 2.75) is 32.6 Å². The van der Waals surface area contributed by atoms with Gasteiger partial charge in [0.2, 0.25) is 11.8 Å². The molecule has 0 unspecified atom stereocenters. The fourth-order valence-electron chi connectivity index (χ4n) is 3.44. The standard InChI is InChI=1S/C22H26N2O2/c1-17-9-5-6-13-20(17)24-16-19(15-21(24)25)22(26)23-14-8-7-12-18-10-3-2-4-11-18/h2-6,9-11,13,19H,7-8,12,14-16H2,1H3,(H,23,26)/t19-/m1/s1. The van der Waals surface area contributed by atoms with Gasteiger partial charge in [0.15, 0.2) is 0 Å². The molecule has 2 aromatic rings. The highest BCUT2D eigenvalue weighted by Gasteiger charge is 2.35. The van der Waals surface area contributed by atoms with Crippen LogP contribution >= 0.6 is 0 Å². The van der Waals surface area contributed by atoms with Gasteiger partial charge < -0.3 is 10.2 Å². The molecule has 0 aliphatic carbocycles. The molecule has 0 spiro atoms. The van der Waals surface area contributed by atoms with E-state index in [0.29, 0.717) is 19.5 Å². The summed E-state index contributed by atoms with van der Waals surface area (Å²) in [6.07, 6.45) is 3.32. The van der Waals surface area contributed by atoms with E-state index in [1.54, 1.807) is 4.90 Å². The number of hydrogen-bond acceptors (Lipinski definition) is 2. The molecule has 4 nitrogen and oxygen atoms in total. The second-order valence-electron chi connectivity index (χ2n) is 6.93. The Morgan fingerprint density at radius 2 is 1.81 bits per heavy atom. The number of amides is 2. The van der Waals surface area contributed by atoms with E-state index in [0.717, 1.165) is 30.5 Å². The minimum Gasteiger partial charge on any atom is -0.356 e. The Labute approximate surface area is 155 Å². The van der Waals surface area contributed by atoms with Crippen molar-refractivity contribution in [3.8, 4) is 0 Å². The van der Waals surface area contributed by atoms with Crippen molar-refractivity contribution in [2.24, 2.45) is 5.92 Å². The minimum absolute atomic E-state index is 0.00542. The van der Waals surface area contributed by atoms with Gasteiger partial charge in [-0.15, -0.1) is 0 Å². The molecule has 136 valence electrons. The van der Waals surface area contributed by atoms with Gasteiger partial charge in [-0.2, -0.15) is 0 Å². The molecule has 4 heteroatoms. The molecule has 1 heterocycles. The van der Waals surface area contributed by atoms with Gasteiger partial charge in [0.25, 0.3) is 0 Å². The van der Waals surface area contributed by atoms with Gasteiger partial charge in [-0.3, -0.25) is 9.59 Å². The molecule has 26 heavy (non-hydrogen) atoms. The highest BCUT2D eigenvalue weighted by molar-refractivity contribution is 6.00. The summed E-state index contributed by atoms with van der Waals surface area (Å²) >= 11 is 0. The van der Waals surface area contributed by atoms with Gasteiger partial charge >= 0.3 is 0 Å². The molecule has 0 aromatic heterocycles. The van der Waals surface area contributed by atoms with Crippen molar-refractivity contribution in [2.75, 3.05) is 18.0 Å². The SMILES string of the molecule is Cc1ccccc1N1C[C@H](C(=O)NCCCCc2ccccc2)CC1=O. The molecule has 1 saturated heterocycles. The lowest BCUT2D eigenvalue weighted by Crippen LogP contribution is -2.33. The number of aryl methyl sites for hydroxylation is 2. The summed E-state index contributed by atoms with van der Waals surface area (Å²) in [5.74, 6) is -0.228. The van der Waals surface area contributed by atoms with Crippen molar-refractivity contribution in [1.29, 1.82) is 0 Å². The van der Waals surface area contributed by atoms with Crippen LogP contribution in [0.2, 0.25) is 0 Å². The maximum absolute atomic E-state index is 12.4. The number of anilines is 1. The first-order valence-corrected chi connectivity index (χ1v) is 9.33. The maximum atomic E-state index is 12.4. The van der Waals surface area contributed by atoms with Crippen LogP contribution in [0.5, 0.6) is 0 Å². The van der Waals surface area contributed by atoms with E-state index >= 15 is 0 Å². The zero-order valence-corrected chi connectivity index (χ0v) is 15.3. The lowest BCUT2D eigenvalue weighted by atomic mass is 10.1. The molecule has 2 aromatic carbocycles. The monoisotopic (exact) mass is 350 g/mol. The van der Waals surface area contributed by atoms with Gasteiger partial charge in [0.1, 0.15) is 0 Å². The van der Waals surface area contributed by atoms with Crippen molar-refractivity contribution < 1.29 is 9.59 Å². The Morgan fingerprint density at radius 1 is 1.08 bits per heavy atom. The van der Waals surface area contributed by atoms with Crippen LogP contribution in [0.4, 0.5) is 5.69 Å². The average molecular weight is 350 g/mol. The van der Waals surface area contributed by atoms with E-state index in [1.807, 2.05) is 37.3 Å². The van der Waals surface area contributed by atoms with Crippen LogP contribution in [0, 0.1) is 12.8 Å². The lowest BCUT2D eigenvalue weighted by molar-refractivity contribution is -0.126. The summed E-state index contributed by atoms with van der Waals surface area (Å²) in [5.41, 5.74) is 3.30. The van der Waals surface area contributed by atoms with E-state index in [9.17, 15) is 9.59 Å². The highest BCUT2D eigenvalue weighted by atomic mass is 16.2. The number of rotatable bonds is 7. The number of para-hydroxylation sites is 1. The minimum atomic E-state index is -0.253.